The molecular weight excluding hydrogens is 202 g/mol. The van der Waals surface area contributed by atoms with Crippen LogP contribution in [0, 0.1) is 11.3 Å². The summed E-state index contributed by atoms with van der Waals surface area (Å²) in [5, 5.41) is 12.3. The summed E-state index contributed by atoms with van der Waals surface area (Å²) in [7, 11) is 1.78. The molecule has 4 heteroatoms. The van der Waals surface area contributed by atoms with Gasteiger partial charge in [-0.05, 0) is 25.8 Å². The molecule has 1 aliphatic heterocycles. The quantitative estimate of drug-likeness (QED) is 0.732. The number of nitriles is 1. The second-order valence-electron chi connectivity index (χ2n) is 4.37. The van der Waals surface area contributed by atoms with Crippen molar-refractivity contribution >= 4 is 0 Å². The fourth-order valence-corrected chi connectivity index (χ4v) is 2.06. The summed E-state index contributed by atoms with van der Waals surface area (Å²) >= 11 is 0. The molecule has 16 heavy (non-hydrogen) atoms. The normalized spacial score (nSPS) is 20.6. The number of nitrogens with one attached hydrogen (secondary N) is 1. The third-order valence-corrected chi connectivity index (χ3v) is 3.11. The topological polar surface area (TPSA) is 48.3 Å². The van der Waals surface area contributed by atoms with Gasteiger partial charge in [-0.2, -0.15) is 5.26 Å². The maximum absolute atomic E-state index is 9.02. The number of hydrogen-bond acceptors (Lipinski definition) is 4. The Morgan fingerprint density at radius 3 is 2.69 bits per heavy atom. The number of likely N-dealkylation sites (tertiary alicyclic amines) is 1. The van der Waals surface area contributed by atoms with E-state index in [9.17, 15) is 0 Å². The summed E-state index contributed by atoms with van der Waals surface area (Å²) in [6, 6.07) is 2.30. The molecule has 0 aliphatic carbocycles. The fraction of sp³-hybridized carbons (Fsp3) is 0.917. The van der Waals surface area contributed by atoms with Crippen molar-refractivity contribution in [2.24, 2.45) is 0 Å². The van der Waals surface area contributed by atoms with Crippen LogP contribution in [-0.4, -0.2) is 50.3 Å². The maximum Gasteiger partial charge on any atom is 0.108 e. The number of rotatable bonds is 6. The van der Waals surface area contributed by atoms with Gasteiger partial charge >= 0.3 is 0 Å². The first kappa shape index (κ1) is 13.4. The molecule has 0 aromatic heterocycles. The van der Waals surface area contributed by atoms with Crippen LogP contribution in [-0.2, 0) is 4.74 Å². The van der Waals surface area contributed by atoms with Crippen LogP contribution in [0.2, 0.25) is 0 Å². The van der Waals surface area contributed by atoms with Crippen molar-refractivity contribution in [1.29, 1.82) is 5.26 Å². The predicted molar refractivity (Wildman–Crippen MR) is 64.2 cm³/mol. The Hall–Kier alpha value is -0.630. The van der Waals surface area contributed by atoms with E-state index in [1.807, 2.05) is 0 Å². The van der Waals surface area contributed by atoms with Gasteiger partial charge in [0.05, 0.1) is 12.2 Å². The molecule has 92 valence electrons. The van der Waals surface area contributed by atoms with Crippen molar-refractivity contribution < 1.29 is 4.74 Å². The van der Waals surface area contributed by atoms with Crippen LogP contribution >= 0.6 is 0 Å². The molecule has 1 saturated heterocycles. The van der Waals surface area contributed by atoms with Crippen LogP contribution in [0.15, 0.2) is 0 Å². The zero-order valence-electron chi connectivity index (χ0n) is 10.4. The Balaban J connectivity index is 2.23. The van der Waals surface area contributed by atoms with E-state index in [0.717, 1.165) is 45.4 Å². The van der Waals surface area contributed by atoms with Crippen LogP contribution < -0.4 is 5.32 Å². The van der Waals surface area contributed by atoms with Crippen LogP contribution in [0.3, 0.4) is 0 Å². The smallest absolute Gasteiger partial charge is 0.108 e. The average molecular weight is 225 g/mol. The molecule has 1 heterocycles. The molecule has 0 aromatic rings. The minimum atomic E-state index is -0.0287. The molecule has 1 fully saturated rings. The Kier molecular flexibility index (Phi) is 6.39. The van der Waals surface area contributed by atoms with Crippen LogP contribution in [0.4, 0.5) is 0 Å². The van der Waals surface area contributed by atoms with E-state index in [2.05, 4.69) is 23.2 Å². The van der Waals surface area contributed by atoms with E-state index in [-0.39, 0.29) is 6.04 Å². The molecule has 1 rings (SSSR count). The summed E-state index contributed by atoms with van der Waals surface area (Å²) in [6.07, 6.45) is 3.66. The summed E-state index contributed by atoms with van der Waals surface area (Å²) in [4.78, 5) is 2.35. The molecule has 1 N–H and O–H groups in total. The number of methoxy groups -OCH3 is 1. The third kappa shape index (κ3) is 4.48. The molecule has 4 nitrogen and oxygen atoms in total. The summed E-state index contributed by atoms with van der Waals surface area (Å²) in [5.74, 6) is 0. The van der Waals surface area contributed by atoms with Gasteiger partial charge < -0.3 is 15.0 Å². The first-order valence-corrected chi connectivity index (χ1v) is 6.18. The van der Waals surface area contributed by atoms with E-state index >= 15 is 0 Å². The van der Waals surface area contributed by atoms with E-state index in [4.69, 9.17) is 10.00 Å². The van der Waals surface area contributed by atoms with Gasteiger partial charge in [0.1, 0.15) is 6.04 Å². The van der Waals surface area contributed by atoms with Crippen LogP contribution in [0.25, 0.3) is 0 Å². The molecule has 1 unspecified atom stereocenters. The highest BCUT2D eigenvalue weighted by atomic mass is 16.5. The number of piperidine rings is 1. The van der Waals surface area contributed by atoms with Crippen molar-refractivity contribution in [3.8, 4) is 6.07 Å². The van der Waals surface area contributed by atoms with Gasteiger partial charge in [-0.25, -0.2) is 0 Å². The van der Waals surface area contributed by atoms with Crippen molar-refractivity contribution in [2.45, 2.75) is 38.3 Å². The maximum atomic E-state index is 9.02. The Labute approximate surface area is 98.6 Å². The highest BCUT2D eigenvalue weighted by Crippen LogP contribution is 2.12. The second-order valence-corrected chi connectivity index (χ2v) is 4.37. The fourth-order valence-electron chi connectivity index (χ4n) is 2.06. The van der Waals surface area contributed by atoms with Gasteiger partial charge in [0.25, 0.3) is 0 Å². The van der Waals surface area contributed by atoms with Gasteiger partial charge in [-0.3, -0.25) is 0 Å². The molecular formula is C12H23N3O. The second kappa shape index (κ2) is 7.61. The van der Waals surface area contributed by atoms with E-state index < -0.39 is 0 Å². The van der Waals surface area contributed by atoms with E-state index in [0.29, 0.717) is 6.10 Å². The first-order chi connectivity index (χ1) is 7.80. The van der Waals surface area contributed by atoms with Gasteiger partial charge in [0.15, 0.2) is 0 Å². The van der Waals surface area contributed by atoms with Gasteiger partial charge in [0, 0.05) is 26.7 Å². The Morgan fingerprint density at radius 1 is 1.50 bits per heavy atom. The molecule has 0 radical (unpaired) electrons. The highest BCUT2D eigenvalue weighted by molar-refractivity contribution is 4.92. The SMILES string of the molecule is CCCNC(C#N)CN1CCC(OC)CC1. The van der Waals surface area contributed by atoms with E-state index in [1.54, 1.807) is 7.11 Å². The summed E-state index contributed by atoms with van der Waals surface area (Å²) in [5.41, 5.74) is 0. The van der Waals surface area contributed by atoms with E-state index in [1.165, 1.54) is 0 Å². The highest BCUT2D eigenvalue weighted by Gasteiger charge is 2.20. The molecule has 0 amide bonds. The van der Waals surface area contributed by atoms with Crippen LogP contribution in [0.5, 0.6) is 0 Å². The van der Waals surface area contributed by atoms with Crippen molar-refractivity contribution in [2.75, 3.05) is 33.3 Å². The third-order valence-electron chi connectivity index (χ3n) is 3.11. The molecule has 0 bridgehead atoms. The zero-order chi connectivity index (χ0) is 11.8. The molecule has 0 saturated carbocycles. The lowest BCUT2D eigenvalue weighted by molar-refractivity contribution is 0.0399. The largest absolute Gasteiger partial charge is 0.381 e. The molecule has 0 aromatic carbocycles. The number of ether oxygens (including phenoxy) is 1. The first-order valence-electron chi connectivity index (χ1n) is 6.18. The number of nitrogens with zero attached hydrogens (tertiary/aromatic N) is 2. The Morgan fingerprint density at radius 2 is 2.19 bits per heavy atom. The standard InChI is InChI=1S/C12H23N3O/c1-3-6-14-11(9-13)10-15-7-4-12(16-2)5-8-15/h11-12,14H,3-8,10H2,1-2H3. The summed E-state index contributed by atoms with van der Waals surface area (Å²) in [6.45, 7) is 5.97. The van der Waals surface area contributed by atoms with Gasteiger partial charge in [-0.1, -0.05) is 6.92 Å². The lowest BCUT2D eigenvalue weighted by Gasteiger charge is -2.32. The Bertz CT molecular complexity index is 219. The van der Waals surface area contributed by atoms with Gasteiger partial charge in [0.2, 0.25) is 0 Å². The van der Waals surface area contributed by atoms with Crippen molar-refractivity contribution in [3.05, 3.63) is 0 Å². The molecule has 0 spiro atoms. The minimum absolute atomic E-state index is 0.0287. The summed E-state index contributed by atoms with van der Waals surface area (Å²) < 4.78 is 5.33. The predicted octanol–water partition coefficient (Wildman–Crippen LogP) is 0.989. The molecule has 1 atom stereocenters. The number of hydrogen-bond donors (Lipinski definition) is 1. The minimum Gasteiger partial charge on any atom is -0.381 e. The monoisotopic (exact) mass is 225 g/mol. The van der Waals surface area contributed by atoms with Gasteiger partial charge in [-0.15, -0.1) is 0 Å². The lowest BCUT2D eigenvalue weighted by atomic mass is 10.1. The lowest BCUT2D eigenvalue weighted by Crippen LogP contribution is -2.45. The zero-order valence-corrected chi connectivity index (χ0v) is 10.4. The van der Waals surface area contributed by atoms with Crippen molar-refractivity contribution in [1.82, 2.24) is 10.2 Å². The van der Waals surface area contributed by atoms with Crippen LogP contribution in [0.1, 0.15) is 26.2 Å². The average Bonchev–Trinajstić information content (AvgIpc) is 2.35. The van der Waals surface area contributed by atoms with Crippen molar-refractivity contribution in [3.63, 3.8) is 0 Å². The molecule has 1 aliphatic rings.